The molecule has 0 fully saturated rings. The molecule has 0 aromatic heterocycles. The van der Waals surface area contributed by atoms with Gasteiger partial charge in [-0.2, -0.15) is 0 Å². The maximum absolute atomic E-state index is 9.24. The van der Waals surface area contributed by atoms with Crippen molar-refractivity contribution in [2.75, 3.05) is 0 Å². The summed E-state index contributed by atoms with van der Waals surface area (Å²) in [5, 5.41) is 0.288. The highest BCUT2D eigenvalue weighted by molar-refractivity contribution is 6.23. The van der Waals surface area contributed by atoms with E-state index < -0.39 is 125 Å². The smallest absolute Gasteiger partial charge is 0.0622 e. The van der Waals surface area contributed by atoms with Crippen LogP contribution in [0.15, 0.2) is 145 Å². The Morgan fingerprint density at radius 2 is 0.861 bits per heavy atom. The van der Waals surface area contributed by atoms with E-state index >= 15 is 0 Å². The van der Waals surface area contributed by atoms with Gasteiger partial charge in [-0.1, -0.05) is 145 Å². The highest BCUT2D eigenvalue weighted by atomic mass is 14.2. The van der Waals surface area contributed by atoms with Gasteiger partial charge in [-0.25, -0.2) is 0 Å². The summed E-state index contributed by atoms with van der Waals surface area (Å²) in [4.78, 5) is 0. The predicted octanol–water partition coefficient (Wildman–Crippen LogP) is 10.1. The lowest BCUT2D eigenvalue weighted by atomic mass is 9.84. The maximum Gasteiger partial charge on any atom is 0.0629 e. The molecule has 0 heteroatoms. The Morgan fingerprint density at radius 3 is 1.53 bits per heavy atom. The topological polar surface area (TPSA) is 0 Å². The first-order valence-corrected chi connectivity index (χ1v) is 11.1. The summed E-state index contributed by atoms with van der Waals surface area (Å²) in [5.74, 6) is 0. The van der Waals surface area contributed by atoms with Gasteiger partial charge in [0.15, 0.2) is 0 Å². The average Bonchev–Trinajstić information content (AvgIpc) is 3.15. The second kappa shape index (κ2) is 8.52. The fraction of sp³-hybridized carbons (Fsp3) is 0. The minimum atomic E-state index is -0.847. The van der Waals surface area contributed by atoms with E-state index in [1.807, 2.05) is 12.1 Å². The Hall–Kier alpha value is -4.68. The molecule has 7 aromatic rings. The number of rotatable bonds is 3. The van der Waals surface area contributed by atoms with Crippen LogP contribution in [0.2, 0.25) is 0 Å². The highest BCUT2D eigenvalue weighted by Crippen LogP contribution is 2.45. The van der Waals surface area contributed by atoms with Crippen molar-refractivity contribution in [1.29, 1.82) is 0 Å². The summed E-state index contributed by atoms with van der Waals surface area (Å²) < 4.78 is 149. The SMILES string of the molecule is [2H]c1c([2H])c([2H])c(-c2c([2H])c([2H])c(-c3c4c([2H])c([2H])c([2H])c([2H])c4c(-c4cccc5ccccc45)c4c([2H])c([2H])c([2H])c([2H])c34)c([2H])c2[2H])c([2H])c1[2H]. The largest absolute Gasteiger partial charge is 0.0629 e. The van der Waals surface area contributed by atoms with Gasteiger partial charge in [0.1, 0.15) is 0 Å². The molecule has 0 aliphatic carbocycles. The molecular weight excluding hydrogens is 432 g/mol. The van der Waals surface area contributed by atoms with Gasteiger partial charge >= 0.3 is 0 Å². The van der Waals surface area contributed by atoms with E-state index in [1.54, 1.807) is 30.3 Å². The first-order valence-electron chi connectivity index (χ1n) is 19.6. The van der Waals surface area contributed by atoms with E-state index in [9.17, 15) is 8.22 Å². The summed E-state index contributed by atoms with van der Waals surface area (Å²) in [6, 6.07) is -0.188. The Kier molecular flexibility index (Phi) is 2.31. The molecule has 0 saturated heterocycles. The summed E-state index contributed by atoms with van der Waals surface area (Å²) in [7, 11) is 0. The second-order valence-corrected chi connectivity index (χ2v) is 8.03. The number of benzene rings is 7. The van der Waals surface area contributed by atoms with Gasteiger partial charge in [-0.05, 0) is 65.7 Å². The summed E-state index contributed by atoms with van der Waals surface area (Å²) in [6.07, 6.45) is 0. The van der Waals surface area contributed by atoms with Gasteiger partial charge in [0.2, 0.25) is 0 Å². The van der Waals surface area contributed by atoms with E-state index in [1.165, 1.54) is 0 Å². The zero-order valence-corrected chi connectivity index (χ0v) is 18.5. The fourth-order valence-electron chi connectivity index (χ4n) is 4.53. The van der Waals surface area contributed by atoms with Crippen LogP contribution in [0, 0.1) is 0 Å². The third-order valence-corrected chi connectivity index (χ3v) is 6.06. The molecule has 168 valence electrons. The second-order valence-electron chi connectivity index (χ2n) is 8.03. The first-order chi connectivity index (χ1) is 24.9. The molecule has 0 spiro atoms. The standard InChI is InChI=1S/C36H24/c1-2-11-25(12-3-1)26-21-23-28(24-22-26)35-31-16-6-8-18-33(31)36(34-19-9-7-17-32(34)35)30-20-10-14-27-13-4-5-15-29(27)30/h1-24H/i1D,2D,3D,6D,7D,8D,9D,11D,12D,16D,17D,18D,19D,21D,22D,23D,24D. The molecule has 0 unspecified atom stereocenters. The lowest BCUT2D eigenvalue weighted by Gasteiger charge is -2.19. The Labute approximate surface area is 235 Å². The van der Waals surface area contributed by atoms with Crippen molar-refractivity contribution in [1.82, 2.24) is 0 Å². The molecule has 0 heterocycles. The van der Waals surface area contributed by atoms with E-state index in [0.29, 0.717) is 10.9 Å². The summed E-state index contributed by atoms with van der Waals surface area (Å²) >= 11 is 0. The molecule has 36 heavy (non-hydrogen) atoms. The van der Waals surface area contributed by atoms with Crippen molar-refractivity contribution >= 4 is 32.3 Å². The summed E-state index contributed by atoms with van der Waals surface area (Å²) in [5.41, 5.74) is -1.79. The van der Waals surface area contributed by atoms with Crippen molar-refractivity contribution in [3.63, 3.8) is 0 Å². The molecule has 0 nitrogen and oxygen atoms in total. The van der Waals surface area contributed by atoms with Crippen molar-refractivity contribution < 1.29 is 23.3 Å². The Balaban J connectivity index is 1.81. The number of hydrogen-bond acceptors (Lipinski definition) is 0. The molecular formula is C36H24. The van der Waals surface area contributed by atoms with E-state index in [4.69, 9.17) is 15.1 Å². The first kappa shape index (κ1) is 9.76. The molecule has 0 N–H and O–H groups in total. The highest BCUT2D eigenvalue weighted by Gasteiger charge is 2.17. The molecule has 0 bridgehead atoms. The minimum Gasteiger partial charge on any atom is -0.0622 e. The summed E-state index contributed by atoms with van der Waals surface area (Å²) in [6.45, 7) is 0. The van der Waals surface area contributed by atoms with Crippen molar-refractivity contribution in [2.24, 2.45) is 0 Å². The van der Waals surface area contributed by atoms with Crippen molar-refractivity contribution in [3.05, 3.63) is 145 Å². The van der Waals surface area contributed by atoms with Gasteiger partial charge < -0.3 is 0 Å². The predicted molar refractivity (Wildman–Crippen MR) is 155 cm³/mol. The van der Waals surface area contributed by atoms with E-state index in [2.05, 4.69) is 0 Å². The van der Waals surface area contributed by atoms with Crippen LogP contribution in [0.25, 0.3) is 65.7 Å². The molecule has 0 amide bonds. The van der Waals surface area contributed by atoms with Crippen molar-refractivity contribution in [3.8, 4) is 33.4 Å². The third kappa shape index (κ3) is 3.31. The van der Waals surface area contributed by atoms with Gasteiger partial charge in [-0.3, -0.25) is 0 Å². The van der Waals surface area contributed by atoms with Crippen LogP contribution in [-0.4, -0.2) is 0 Å². The van der Waals surface area contributed by atoms with Gasteiger partial charge in [0.05, 0.1) is 23.3 Å². The van der Waals surface area contributed by atoms with Crippen molar-refractivity contribution in [2.45, 2.75) is 0 Å². The minimum absolute atomic E-state index is 0.0422. The lowest BCUT2D eigenvalue weighted by Crippen LogP contribution is -1.91. The molecule has 0 saturated carbocycles. The molecule has 0 aliphatic rings. The zero-order valence-electron chi connectivity index (χ0n) is 35.5. The normalized spacial score (nSPS) is 17.9. The molecule has 7 aromatic carbocycles. The average molecular weight is 474 g/mol. The fourth-order valence-corrected chi connectivity index (χ4v) is 4.53. The molecule has 0 radical (unpaired) electrons. The monoisotopic (exact) mass is 473 g/mol. The zero-order chi connectivity index (χ0) is 38.7. The van der Waals surface area contributed by atoms with Crippen LogP contribution >= 0.6 is 0 Å². The van der Waals surface area contributed by atoms with Gasteiger partial charge in [0, 0.05) is 0 Å². The lowest BCUT2D eigenvalue weighted by molar-refractivity contribution is 1.61. The van der Waals surface area contributed by atoms with Crippen LogP contribution in [0.3, 0.4) is 0 Å². The van der Waals surface area contributed by atoms with Crippen LogP contribution in [0.1, 0.15) is 23.3 Å². The Bertz CT molecular complexity index is 2660. The van der Waals surface area contributed by atoms with Crippen LogP contribution < -0.4 is 0 Å². The molecule has 7 rings (SSSR count). The van der Waals surface area contributed by atoms with Crippen LogP contribution in [-0.2, 0) is 0 Å². The van der Waals surface area contributed by atoms with E-state index in [0.717, 1.165) is 5.39 Å². The van der Waals surface area contributed by atoms with Crippen LogP contribution in [0.5, 0.6) is 0 Å². The third-order valence-electron chi connectivity index (χ3n) is 6.06. The van der Waals surface area contributed by atoms with Gasteiger partial charge in [-0.15, -0.1) is 0 Å². The van der Waals surface area contributed by atoms with E-state index in [-0.39, 0.29) is 27.1 Å². The quantitative estimate of drug-likeness (QED) is 0.224. The maximum atomic E-state index is 9.24. The van der Waals surface area contributed by atoms with Crippen LogP contribution in [0.4, 0.5) is 0 Å². The number of hydrogen-bond donors (Lipinski definition) is 0. The number of fused-ring (bicyclic) bond motifs is 3. The van der Waals surface area contributed by atoms with Gasteiger partial charge in [0.25, 0.3) is 0 Å². The Morgan fingerprint density at radius 1 is 0.361 bits per heavy atom. The molecule has 0 atom stereocenters. The molecule has 0 aliphatic heterocycles.